The van der Waals surface area contributed by atoms with Gasteiger partial charge in [-0.25, -0.2) is 9.59 Å². The summed E-state index contributed by atoms with van der Waals surface area (Å²) >= 11 is 0. The van der Waals surface area contributed by atoms with Crippen LogP contribution in [0.15, 0.2) is 18.2 Å². The number of aromatic carboxylic acids is 2. The molecule has 0 aliphatic rings. The quantitative estimate of drug-likeness (QED) is 0.627. The molecule has 0 aromatic heterocycles. The Morgan fingerprint density at radius 1 is 0.800 bits per heavy atom. The summed E-state index contributed by atoms with van der Waals surface area (Å²) in [6.07, 6.45) is 0. The summed E-state index contributed by atoms with van der Waals surface area (Å²) in [6, 6.07) is 2.22. The van der Waals surface area contributed by atoms with Crippen molar-refractivity contribution < 1.29 is 46.8 Å². The Hall–Kier alpha value is -3.30. The summed E-state index contributed by atoms with van der Waals surface area (Å²) in [5.41, 5.74) is -1.16. The number of methoxy groups -OCH3 is 1. The van der Waals surface area contributed by atoms with Crippen LogP contribution in [0, 0.1) is 23.3 Å². The van der Waals surface area contributed by atoms with E-state index < -0.39 is 63.6 Å². The van der Waals surface area contributed by atoms with Gasteiger partial charge in [-0.2, -0.15) is 17.6 Å². The van der Waals surface area contributed by atoms with Crippen molar-refractivity contribution in [3.05, 3.63) is 52.6 Å². The average Bonchev–Trinajstić information content (AvgIpc) is 2.57. The van der Waals surface area contributed by atoms with Crippen LogP contribution in [-0.2, 0) is 0 Å². The monoisotopic (exact) mass is 360 g/mol. The van der Waals surface area contributed by atoms with E-state index in [2.05, 4.69) is 9.47 Å². The highest BCUT2D eigenvalue weighted by molar-refractivity contribution is 5.94. The fourth-order valence-electron chi connectivity index (χ4n) is 1.88. The first-order valence-electron chi connectivity index (χ1n) is 6.36. The van der Waals surface area contributed by atoms with Crippen LogP contribution in [0.4, 0.5) is 17.6 Å². The third kappa shape index (κ3) is 3.32. The molecule has 0 saturated carbocycles. The minimum atomic E-state index is -1.94. The Morgan fingerprint density at radius 2 is 1.20 bits per heavy atom. The lowest BCUT2D eigenvalue weighted by atomic mass is 10.1. The molecular weight excluding hydrogens is 352 g/mol. The maximum atomic E-state index is 13.9. The van der Waals surface area contributed by atoms with Gasteiger partial charge in [0.25, 0.3) is 0 Å². The average molecular weight is 360 g/mol. The molecule has 6 nitrogen and oxygen atoms in total. The Labute approximate surface area is 136 Å². The first kappa shape index (κ1) is 18.0. The highest BCUT2D eigenvalue weighted by Crippen LogP contribution is 2.37. The molecule has 2 rings (SSSR count). The third-order valence-corrected chi connectivity index (χ3v) is 3.01. The minimum absolute atomic E-state index is 0.579. The lowest BCUT2D eigenvalue weighted by Crippen LogP contribution is -2.06. The summed E-state index contributed by atoms with van der Waals surface area (Å²) in [5.74, 6) is -14.2. The molecule has 0 saturated heterocycles. The Morgan fingerprint density at radius 3 is 1.56 bits per heavy atom. The van der Waals surface area contributed by atoms with Crippen LogP contribution >= 0.6 is 0 Å². The number of carbonyl (C=O) groups is 2. The molecule has 2 N–H and O–H groups in total. The number of hydrogen-bond acceptors (Lipinski definition) is 4. The number of benzene rings is 2. The van der Waals surface area contributed by atoms with Crippen LogP contribution in [0.2, 0.25) is 0 Å². The summed E-state index contributed by atoms with van der Waals surface area (Å²) in [4.78, 5) is 21.9. The van der Waals surface area contributed by atoms with Crippen LogP contribution in [0.1, 0.15) is 20.7 Å². The van der Waals surface area contributed by atoms with Crippen molar-refractivity contribution in [2.45, 2.75) is 0 Å². The SMILES string of the molecule is COc1c(F)c(F)c(Oc2cc(C(=O)O)cc(C(=O)O)c2)c(F)c1F. The number of rotatable bonds is 5. The van der Waals surface area contributed by atoms with E-state index in [0.717, 1.165) is 25.3 Å². The van der Waals surface area contributed by atoms with Gasteiger partial charge in [-0.15, -0.1) is 0 Å². The smallest absolute Gasteiger partial charge is 0.335 e. The molecule has 0 aliphatic heterocycles. The highest BCUT2D eigenvalue weighted by Gasteiger charge is 2.28. The predicted molar refractivity (Wildman–Crippen MR) is 73.3 cm³/mol. The van der Waals surface area contributed by atoms with E-state index in [9.17, 15) is 27.2 Å². The molecule has 25 heavy (non-hydrogen) atoms. The van der Waals surface area contributed by atoms with Crippen LogP contribution in [0.5, 0.6) is 17.2 Å². The summed E-state index contributed by atoms with van der Waals surface area (Å²) in [7, 11) is 0.788. The first-order chi connectivity index (χ1) is 11.7. The van der Waals surface area contributed by atoms with Crippen molar-refractivity contribution in [1.82, 2.24) is 0 Å². The van der Waals surface area contributed by atoms with Crippen molar-refractivity contribution in [2.75, 3.05) is 7.11 Å². The van der Waals surface area contributed by atoms with Gasteiger partial charge in [-0.05, 0) is 18.2 Å². The van der Waals surface area contributed by atoms with Gasteiger partial charge in [0.15, 0.2) is 5.75 Å². The molecule has 10 heteroatoms. The van der Waals surface area contributed by atoms with Gasteiger partial charge < -0.3 is 19.7 Å². The van der Waals surface area contributed by atoms with Crippen molar-refractivity contribution in [2.24, 2.45) is 0 Å². The van der Waals surface area contributed by atoms with E-state index in [1.165, 1.54) is 0 Å². The van der Waals surface area contributed by atoms with Crippen molar-refractivity contribution in [3.8, 4) is 17.2 Å². The summed E-state index contributed by atoms with van der Waals surface area (Å²) < 4.78 is 63.9. The summed E-state index contributed by atoms with van der Waals surface area (Å²) in [6.45, 7) is 0. The molecule has 0 amide bonds. The van der Waals surface area contributed by atoms with Crippen molar-refractivity contribution >= 4 is 11.9 Å². The van der Waals surface area contributed by atoms with E-state index in [0.29, 0.717) is 0 Å². The van der Waals surface area contributed by atoms with E-state index in [-0.39, 0.29) is 0 Å². The number of ether oxygens (including phenoxy) is 2. The Balaban J connectivity index is 2.61. The van der Waals surface area contributed by atoms with Crippen LogP contribution in [0.3, 0.4) is 0 Å². The maximum Gasteiger partial charge on any atom is 0.335 e. The van der Waals surface area contributed by atoms with Gasteiger partial charge in [-0.1, -0.05) is 0 Å². The van der Waals surface area contributed by atoms with Gasteiger partial charge in [0.05, 0.1) is 18.2 Å². The Kier molecular flexibility index (Phi) is 4.82. The fourth-order valence-corrected chi connectivity index (χ4v) is 1.88. The molecule has 0 bridgehead atoms. The van der Waals surface area contributed by atoms with Crippen LogP contribution in [0.25, 0.3) is 0 Å². The van der Waals surface area contributed by atoms with E-state index in [1.54, 1.807) is 0 Å². The molecule has 0 fully saturated rings. The molecule has 0 atom stereocenters. The van der Waals surface area contributed by atoms with Crippen LogP contribution in [-0.4, -0.2) is 29.3 Å². The molecule has 0 spiro atoms. The second-order valence-electron chi connectivity index (χ2n) is 4.58. The topological polar surface area (TPSA) is 93.1 Å². The molecule has 0 unspecified atom stereocenters. The van der Waals surface area contributed by atoms with E-state index in [1.807, 2.05) is 0 Å². The standard InChI is InChI=1S/C15H8F4O6/c1-24-12-8(16)10(18)13(11(19)9(12)17)25-7-3-5(14(20)21)2-6(4-7)15(22)23/h2-4H,1H3,(H,20,21)(H,22,23). The molecule has 2 aromatic rings. The molecule has 0 aliphatic carbocycles. The zero-order valence-electron chi connectivity index (χ0n) is 12.3. The summed E-state index contributed by atoms with van der Waals surface area (Å²) in [5, 5.41) is 17.8. The third-order valence-electron chi connectivity index (χ3n) is 3.01. The zero-order chi connectivity index (χ0) is 18.9. The largest absolute Gasteiger partial charge is 0.491 e. The second kappa shape index (κ2) is 6.67. The zero-order valence-corrected chi connectivity index (χ0v) is 12.3. The Bertz CT molecular complexity index is 820. The normalized spacial score (nSPS) is 10.4. The maximum absolute atomic E-state index is 13.9. The molecule has 132 valence electrons. The number of carboxylic acid groups (broad SMARTS) is 2. The number of hydrogen-bond donors (Lipinski definition) is 2. The van der Waals surface area contributed by atoms with Gasteiger partial charge in [0.1, 0.15) is 5.75 Å². The molecule has 0 radical (unpaired) electrons. The second-order valence-corrected chi connectivity index (χ2v) is 4.58. The molecule has 0 heterocycles. The number of halogens is 4. The van der Waals surface area contributed by atoms with E-state index >= 15 is 0 Å². The van der Waals surface area contributed by atoms with Gasteiger partial charge in [0.2, 0.25) is 29.0 Å². The molecule has 2 aromatic carbocycles. The minimum Gasteiger partial charge on any atom is -0.491 e. The van der Waals surface area contributed by atoms with Crippen molar-refractivity contribution in [1.29, 1.82) is 0 Å². The predicted octanol–water partition coefficient (Wildman–Crippen LogP) is 3.44. The number of carboxylic acids is 2. The van der Waals surface area contributed by atoms with Gasteiger partial charge >= 0.3 is 11.9 Å². The lowest BCUT2D eigenvalue weighted by Gasteiger charge is -2.12. The van der Waals surface area contributed by atoms with Gasteiger partial charge in [0, 0.05) is 0 Å². The lowest BCUT2D eigenvalue weighted by molar-refractivity contribution is 0.0696. The molecular formula is C15H8F4O6. The van der Waals surface area contributed by atoms with Crippen LogP contribution < -0.4 is 9.47 Å². The van der Waals surface area contributed by atoms with Crippen molar-refractivity contribution in [3.63, 3.8) is 0 Å². The van der Waals surface area contributed by atoms with Gasteiger partial charge in [-0.3, -0.25) is 0 Å². The van der Waals surface area contributed by atoms with E-state index in [4.69, 9.17) is 10.2 Å². The highest BCUT2D eigenvalue weighted by atomic mass is 19.2. The fraction of sp³-hybridized carbons (Fsp3) is 0.0667. The first-order valence-corrected chi connectivity index (χ1v) is 6.36.